The first kappa shape index (κ1) is 12.0. The number of thiazole rings is 1. The smallest absolute Gasteiger partial charge is 0.228 e. The largest absolute Gasteiger partial charge is 0.397 e. The van der Waals surface area contributed by atoms with Gasteiger partial charge in [0.2, 0.25) is 5.91 Å². The second-order valence-corrected chi connectivity index (χ2v) is 5.35. The number of carbonyl (C=O) groups is 1. The third kappa shape index (κ3) is 2.26. The van der Waals surface area contributed by atoms with Gasteiger partial charge in [0.15, 0.2) is 0 Å². The van der Waals surface area contributed by atoms with Gasteiger partial charge in [-0.2, -0.15) is 0 Å². The standard InChI is InChI=1S/C13H14N4OS/c1-17(5-9-6-19-7-15-9)12-4-11-8(2-10(12)14)3-13(18)16-11/h2,4,6-7H,3,5,14H2,1H3,(H,16,18). The summed E-state index contributed by atoms with van der Waals surface area (Å²) < 4.78 is 0. The highest BCUT2D eigenvalue weighted by Crippen LogP contribution is 2.33. The molecule has 3 rings (SSSR count). The lowest BCUT2D eigenvalue weighted by molar-refractivity contribution is -0.115. The number of aromatic nitrogens is 1. The highest BCUT2D eigenvalue weighted by molar-refractivity contribution is 7.07. The maximum Gasteiger partial charge on any atom is 0.228 e. The van der Waals surface area contributed by atoms with Crippen LogP contribution in [0.15, 0.2) is 23.0 Å². The lowest BCUT2D eigenvalue weighted by Gasteiger charge is -2.21. The Labute approximate surface area is 115 Å². The van der Waals surface area contributed by atoms with Gasteiger partial charge < -0.3 is 16.0 Å². The Hall–Kier alpha value is -2.08. The average molecular weight is 274 g/mol. The molecule has 1 aromatic carbocycles. The number of hydrogen-bond donors (Lipinski definition) is 2. The third-order valence-corrected chi connectivity index (χ3v) is 3.81. The molecule has 3 N–H and O–H groups in total. The molecule has 1 amide bonds. The molecular weight excluding hydrogens is 260 g/mol. The van der Waals surface area contributed by atoms with Crippen LogP contribution >= 0.6 is 11.3 Å². The molecule has 0 bridgehead atoms. The SMILES string of the molecule is CN(Cc1cscn1)c1cc2c(cc1N)CC(=O)N2. The van der Waals surface area contributed by atoms with Gasteiger partial charge in [-0.3, -0.25) is 4.79 Å². The molecule has 0 aliphatic carbocycles. The van der Waals surface area contributed by atoms with Crippen LogP contribution in [0, 0.1) is 0 Å². The fourth-order valence-corrected chi connectivity index (χ4v) is 2.81. The van der Waals surface area contributed by atoms with Gasteiger partial charge in [0.1, 0.15) is 0 Å². The van der Waals surface area contributed by atoms with Crippen LogP contribution in [0.25, 0.3) is 0 Å². The molecular formula is C13H14N4OS. The number of benzene rings is 1. The molecule has 5 nitrogen and oxygen atoms in total. The molecule has 2 heterocycles. The monoisotopic (exact) mass is 274 g/mol. The Balaban J connectivity index is 1.88. The van der Waals surface area contributed by atoms with Crippen LogP contribution in [0.1, 0.15) is 11.3 Å². The van der Waals surface area contributed by atoms with Crippen molar-refractivity contribution in [1.82, 2.24) is 4.98 Å². The topological polar surface area (TPSA) is 71.2 Å². The second kappa shape index (κ2) is 4.55. The first-order valence-electron chi connectivity index (χ1n) is 5.94. The summed E-state index contributed by atoms with van der Waals surface area (Å²) in [5.41, 5.74) is 12.3. The first-order chi connectivity index (χ1) is 9.13. The van der Waals surface area contributed by atoms with Gasteiger partial charge >= 0.3 is 0 Å². The Morgan fingerprint density at radius 1 is 1.53 bits per heavy atom. The van der Waals surface area contributed by atoms with Gasteiger partial charge in [-0.1, -0.05) is 0 Å². The molecule has 2 aromatic rings. The average Bonchev–Trinajstić information content (AvgIpc) is 2.96. The summed E-state index contributed by atoms with van der Waals surface area (Å²) in [7, 11) is 1.97. The van der Waals surface area contributed by atoms with Gasteiger partial charge in [0, 0.05) is 18.1 Å². The quantitative estimate of drug-likeness (QED) is 0.838. The molecule has 98 valence electrons. The molecule has 0 saturated carbocycles. The van der Waals surface area contributed by atoms with Crippen LogP contribution in [0.4, 0.5) is 17.1 Å². The van der Waals surface area contributed by atoms with Gasteiger partial charge in [0.05, 0.1) is 35.5 Å². The van der Waals surface area contributed by atoms with E-state index >= 15 is 0 Å². The number of rotatable bonds is 3. The zero-order valence-corrected chi connectivity index (χ0v) is 11.3. The zero-order valence-electron chi connectivity index (χ0n) is 10.5. The number of nitrogens with two attached hydrogens (primary N) is 1. The van der Waals surface area contributed by atoms with Crippen molar-refractivity contribution in [3.05, 3.63) is 34.3 Å². The van der Waals surface area contributed by atoms with E-state index in [2.05, 4.69) is 10.3 Å². The molecule has 0 atom stereocenters. The number of nitrogens with zero attached hydrogens (tertiary/aromatic N) is 2. The Morgan fingerprint density at radius 3 is 3.11 bits per heavy atom. The molecule has 1 aliphatic heterocycles. The van der Waals surface area contributed by atoms with E-state index in [1.807, 2.05) is 35.0 Å². The van der Waals surface area contributed by atoms with E-state index in [9.17, 15) is 4.79 Å². The summed E-state index contributed by atoms with van der Waals surface area (Å²) in [5.74, 6) is 0.0219. The van der Waals surface area contributed by atoms with Gasteiger partial charge in [-0.15, -0.1) is 11.3 Å². The Morgan fingerprint density at radius 2 is 2.37 bits per heavy atom. The summed E-state index contributed by atoms with van der Waals surface area (Å²) in [6.07, 6.45) is 0.412. The van der Waals surface area contributed by atoms with Crippen molar-refractivity contribution in [3.8, 4) is 0 Å². The van der Waals surface area contributed by atoms with Crippen LogP contribution < -0.4 is 16.0 Å². The Bertz CT molecular complexity index is 624. The van der Waals surface area contributed by atoms with Crippen molar-refractivity contribution in [1.29, 1.82) is 0 Å². The minimum Gasteiger partial charge on any atom is -0.397 e. The van der Waals surface area contributed by atoms with E-state index in [1.165, 1.54) is 0 Å². The van der Waals surface area contributed by atoms with Crippen LogP contribution in [-0.2, 0) is 17.8 Å². The number of fused-ring (bicyclic) bond motifs is 1. The van der Waals surface area contributed by atoms with E-state index in [1.54, 1.807) is 11.3 Å². The van der Waals surface area contributed by atoms with E-state index in [4.69, 9.17) is 5.73 Å². The molecule has 0 saturated heterocycles. The summed E-state index contributed by atoms with van der Waals surface area (Å²) in [6.45, 7) is 0.695. The molecule has 0 fully saturated rings. The maximum atomic E-state index is 11.4. The maximum absolute atomic E-state index is 11.4. The van der Waals surface area contributed by atoms with E-state index in [-0.39, 0.29) is 5.91 Å². The number of carbonyl (C=O) groups excluding carboxylic acids is 1. The normalized spacial score (nSPS) is 13.2. The van der Waals surface area contributed by atoms with Crippen LogP contribution in [0.5, 0.6) is 0 Å². The fourth-order valence-electron chi connectivity index (χ4n) is 2.26. The summed E-state index contributed by atoms with van der Waals surface area (Å²) in [5, 5.41) is 4.86. The highest BCUT2D eigenvalue weighted by atomic mass is 32.1. The predicted molar refractivity (Wildman–Crippen MR) is 77.4 cm³/mol. The minimum atomic E-state index is 0.0219. The van der Waals surface area contributed by atoms with Crippen LogP contribution in [-0.4, -0.2) is 17.9 Å². The second-order valence-electron chi connectivity index (χ2n) is 4.63. The Kier molecular flexibility index (Phi) is 2.87. The van der Waals surface area contributed by atoms with Crippen molar-refractivity contribution in [2.45, 2.75) is 13.0 Å². The van der Waals surface area contributed by atoms with Crippen molar-refractivity contribution < 1.29 is 4.79 Å². The van der Waals surface area contributed by atoms with Gasteiger partial charge in [0.25, 0.3) is 0 Å². The molecule has 0 spiro atoms. The number of nitrogens with one attached hydrogen (secondary N) is 1. The molecule has 0 radical (unpaired) electrons. The predicted octanol–water partition coefficient (Wildman–Crippen LogP) is 1.86. The zero-order chi connectivity index (χ0) is 13.4. The highest BCUT2D eigenvalue weighted by Gasteiger charge is 2.20. The summed E-state index contributed by atoms with van der Waals surface area (Å²) >= 11 is 1.58. The van der Waals surface area contributed by atoms with Crippen LogP contribution in [0.3, 0.4) is 0 Å². The van der Waals surface area contributed by atoms with E-state index in [0.29, 0.717) is 18.7 Å². The van der Waals surface area contributed by atoms with Crippen molar-refractivity contribution in [2.75, 3.05) is 23.0 Å². The molecule has 1 aliphatic rings. The van der Waals surface area contributed by atoms with Gasteiger partial charge in [-0.25, -0.2) is 4.98 Å². The van der Waals surface area contributed by atoms with Crippen molar-refractivity contribution >= 4 is 34.3 Å². The van der Waals surface area contributed by atoms with Gasteiger partial charge in [-0.05, 0) is 17.7 Å². The fraction of sp³-hybridized carbons (Fsp3) is 0.231. The summed E-state index contributed by atoms with van der Waals surface area (Å²) in [4.78, 5) is 17.7. The van der Waals surface area contributed by atoms with E-state index < -0.39 is 0 Å². The lowest BCUT2D eigenvalue weighted by atomic mass is 10.1. The first-order valence-corrected chi connectivity index (χ1v) is 6.88. The summed E-state index contributed by atoms with van der Waals surface area (Å²) in [6, 6.07) is 3.81. The molecule has 6 heteroatoms. The number of amides is 1. The van der Waals surface area contributed by atoms with Crippen molar-refractivity contribution in [3.63, 3.8) is 0 Å². The third-order valence-electron chi connectivity index (χ3n) is 3.17. The molecule has 19 heavy (non-hydrogen) atoms. The van der Waals surface area contributed by atoms with Crippen molar-refractivity contribution in [2.24, 2.45) is 0 Å². The van der Waals surface area contributed by atoms with E-state index in [0.717, 1.165) is 22.6 Å². The van der Waals surface area contributed by atoms with Crippen LogP contribution in [0.2, 0.25) is 0 Å². The number of hydrogen-bond acceptors (Lipinski definition) is 5. The number of anilines is 3. The lowest BCUT2D eigenvalue weighted by Crippen LogP contribution is -2.18. The molecule has 1 aromatic heterocycles. The molecule has 0 unspecified atom stereocenters. The number of nitrogen functional groups attached to an aromatic ring is 1. The minimum absolute atomic E-state index is 0.0219.